The minimum absolute atomic E-state index is 0.0326. The molecule has 3 N–H and O–H groups in total. The van der Waals surface area contributed by atoms with Gasteiger partial charge in [0.15, 0.2) is 0 Å². The first-order valence-electron chi connectivity index (χ1n) is 21.0. The van der Waals surface area contributed by atoms with E-state index in [1.807, 2.05) is 33.4 Å². The Kier molecular flexibility index (Phi) is 14.8. The molecule has 0 radical (unpaired) electrons. The lowest BCUT2D eigenvalue weighted by Crippen LogP contribution is -2.58. The Labute approximate surface area is 352 Å². The summed E-state index contributed by atoms with van der Waals surface area (Å²) < 4.78 is 34.3. The molecule has 16 heteroatoms. The van der Waals surface area contributed by atoms with E-state index in [0.717, 1.165) is 65.4 Å². The zero-order valence-corrected chi connectivity index (χ0v) is 35.8. The number of nitrogens with zero attached hydrogens (tertiary/aromatic N) is 4. The number of carbonyl (C=O) groups excluding carboxylic acids is 2. The van der Waals surface area contributed by atoms with Crippen LogP contribution in [0.5, 0.6) is 5.75 Å². The zero-order valence-electron chi connectivity index (χ0n) is 34.1. The molecule has 0 saturated carbocycles. The number of aromatic amines is 1. The van der Waals surface area contributed by atoms with Crippen LogP contribution in [-0.4, -0.2) is 132 Å². The molecule has 0 bridgehead atoms. The molecule has 7 rings (SSSR count). The number of benzene rings is 2. The van der Waals surface area contributed by atoms with Crippen LogP contribution >= 0.6 is 22.7 Å². The number of likely N-dealkylation sites (tertiary alicyclic amines) is 1. The number of fused-ring (bicyclic) bond motifs is 1. The molecule has 0 unspecified atom stereocenters. The highest BCUT2D eigenvalue weighted by Crippen LogP contribution is 2.33. The zero-order chi connectivity index (χ0) is 41.4. The van der Waals surface area contributed by atoms with Gasteiger partial charge in [0.25, 0.3) is 5.91 Å². The van der Waals surface area contributed by atoms with Crippen LogP contribution in [0, 0.1) is 5.82 Å². The van der Waals surface area contributed by atoms with Gasteiger partial charge in [-0.2, -0.15) is 0 Å². The Hall–Kier alpha value is -3.77. The maximum absolute atomic E-state index is 15.8. The predicted molar refractivity (Wildman–Crippen MR) is 227 cm³/mol. The smallest absolute Gasteiger partial charge is 0.305 e. The third-order valence-corrected chi connectivity index (χ3v) is 13.9. The summed E-state index contributed by atoms with van der Waals surface area (Å²) in [5, 5.41) is 16.4. The number of phenolic OH excluding ortho intramolecular Hbond substituents is 1. The molecule has 0 aliphatic carbocycles. The number of rotatable bonds is 17. The number of morpholine rings is 1. The van der Waals surface area contributed by atoms with E-state index in [-0.39, 0.29) is 53.2 Å². The summed E-state index contributed by atoms with van der Waals surface area (Å²) in [4.78, 5) is 51.8. The Balaban J connectivity index is 0.831. The molecule has 5 heterocycles. The van der Waals surface area contributed by atoms with Crippen molar-refractivity contribution in [3.63, 3.8) is 0 Å². The molecule has 1 spiro atoms. The minimum atomic E-state index is -0.392. The van der Waals surface area contributed by atoms with E-state index < -0.39 is 5.60 Å². The second kappa shape index (κ2) is 20.2. The van der Waals surface area contributed by atoms with Crippen LogP contribution in [0.4, 0.5) is 4.39 Å². The van der Waals surface area contributed by atoms with Gasteiger partial charge < -0.3 is 39.4 Å². The number of phenols is 1. The van der Waals surface area contributed by atoms with Crippen molar-refractivity contribution in [2.24, 2.45) is 0 Å². The molecular formula is C43H57FN6O7S2. The lowest BCUT2D eigenvalue weighted by molar-refractivity contribution is -0.136. The van der Waals surface area contributed by atoms with Crippen LogP contribution in [0.25, 0.3) is 10.2 Å². The second-order valence-corrected chi connectivity index (χ2v) is 18.0. The van der Waals surface area contributed by atoms with Crippen LogP contribution in [0.1, 0.15) is 84.1 Å². The minimum Gasteiger partial charge on any atom is -0.506 e. The van der Waals surface area contributed by atoms with Gasteiger partial charge in [-0.05, 0) is 62.3 Å². The largest absolute Gasteiger partial charge is 0.506 e. The van der Waals surface area contributed by atoms with Gasteiger partial charge in [-0.25, -0.2) is 9.37 Å². The fraction of sp³-hybridized carbons (Fsp3) is 0.581. The van der Waals surface area contributed by atoms with Crippen molar-refractivity contribution < 1.29 is 33.3 Å². The number of thiazole rings is 2. The number of amides is 2. The molecule has 3 aliphatic heterocycles. The number of ether oxygens (including phenoxy) is 3. The van der Waals surface area contributed by atoms with E-state index in [9.17, 15) is 19.5 Å². The number of carbonyl (C=O) groups is 2. The van der Waals surface area contributed by atoms with E-state index in [4.69, 9.17) is 14.2 Å². The number of piperidine rings is 1. The number of H-pyrrole nitrogens is 1. The molecule has 2 aromatic heterocycles. The SMILES string of the molecule is CC(C)c1nc(C(=O)N2CCOC3(CCN(Cc4cccc(CCOCCC(=O)N(CCNCCc5ccc(O)c6[nH]c(=O)sc56)C5CCOCC5)c4F)CC3)C2)cs1. The molecule has 59 heavy (non-hydrogen) atoms. The fourth-order valence-electron chi connectivity index (χ4n) is 8.35. The van der Waals surface area contributed by atoms with Crippen LogP contribution in [0.3, 0.4) is 0 Å². The van der Waals surface area contributed by atoms with E-state index >= 15 is 4.39 Å². The molecule has 0 atom stereocenters. The third-order valence-electron chi connectivity index (χ3n) is 11.8. The van der Waals surface area contributed by atoms with Crippen molar-refractivity contribution in [3.8, 4) is 5.75 Å². The van der Waals surface area contributed by atoms with Crippen molar-refractivity contribution in [1.82, 2.24) is 30.0 Å². The Morgan fingerprint density at radius 2 is 1.86 bits per heavy atom. The summed E-state index contributed by atoms with van der Waals surface area (Å²) in [6.45, 7) is 11.4. The van der Waals surface area contributed by atoms with E-state index in [1.54, 1.807) is 12.1 Å². The number of hydrogen-bond donors (Lipinski definition) is 3. The topological polar surface area (TPSA) is 150 Å². The van der Waals surface area contributed by atoms with Gasteiger partial charge in [-0.1, -0.05) is 49.4 Å². The van der Waals surface area contributed by atoms with Gasteiger partial charge >= 0.3 is 4.87 Å². The average molecular weight is 853 g/mol. The standard InChI is InChI=1S/C43H57FN6O7S2/c1-29(2)40-46-34(27-58-40)41(53)49-20-25-57-43(28-49)13-17-48(18-14-43)26-32-5-3-4-30(37(32)44)9-21-55-24-12-36(52)50(33-10-22-56-23-11-33)19-16-45-15-8-31-6-7-35(51)38-39(31)59-42(54)47-38/h3-7,27,29,33,45,51H,8-26,28H2,1-2H3,(H,47,54). The van der Waals surface area contributed by atoms with Gasteiger partial charge in [0, 0.05) is 75.4 Å². The van der Waals surface area contributed by atoms with Crippen LogP contribution < -0.4 is 10.2 Å². The van der Waals surface area contributed by atoms with Crippen LogP contribution in [0.15, 0.2) is 40.5 Å². The number of halogens is 1. The molecule has 3 aliphatic rings. The van der Waals surface area contributed by atoms with Crippen LogP contribution in [-0.2, 0) is 38.4 Å². The average Bonchev–Trinajstić information content (AvgIpc) is 3.90. The maximum atomic E-state index is 15.8. The normalized spacial score (nSPS) is 17.7. The molecule has 3 fully saturated rings. The molecular weight excluding hydrogens is 796 g/mol. The van der Waals surface area contributed by atoms with Gasteiger partial charge in [-0.15, -0.1) is 11.3 Å². The summed E-state index contributed by atoms with van der Waals surface area (Å²) in [6.07, 6.45) is 4.45. The van der Waals surface area contributed by atoms with Crippen molar-refractivity contribution in [1.29, 1.82) is 0 Å². The predicted octanol–water partition coefficient (Wildman–Crippen LogP) is 5.31. The van der Waals surface area contributed by atoms with Crippen molar-refractivity contribution in [2.45, 2.75) is 82.9 Å². The molecule has 13 nitrogen and oxygen atoms in total. The Morgan fingerprint density at radius 1 is 1.07 bits per heavy atom. The summed E-state index contributed by atoms with van der Waals surface area (Å²) in [5.74, 6) is 0.143. The third kappa shape index (κ3) is 11.0. The first-order valence-corrected chi connectivity index (χ1v) is 22.7. The summed E-state index contributed by atoms with van der Waals surface area (Å²) in [7, 11) is 0. The summed E-state index contributed by atoms with van der Waals surface area (Å²) >= 11 is 2.63. The van der Waals surface area contributed by atoms with Crippen molar-refractivity contribution in [2.75, 3.05) is 78.8 Å². The first kappa shape index (κ1) is 43.3. The quantitative estimate of drug-likeness (QED) is 0.119. The molecule has 2 amide bonds. The number of aromatic hydroxyl groups is 1. The van der Waals surface area contributed by atoms with Gasteiger partial charge in [0.2, 0.25) is 5.91 Å². The number of aromatic nitrogens is 2. The summed E-state index contributed by atoms with van der Waals surface area (Å²) in [6, 6.07) is 9.10. The van der Waals surface area contributed by atoms with Crippen LogP contribution in [0.2, 0.25) is 0 Å². The van der Waals surface area contributed by atoms with Crippen molar-refractivity contribution >= 4 is 44.7 Å². The highest BCUT2D eigenvalue weighted by Gasteiger charge is 2.41. The van der Waals surface area contributed by atoms with Gasteiger partial charge in [-0.3, -0.25) is 19.3 Å². The fourth-order valence-corrected chi connectivity index (χ4v) is 10.1. The Morgan fingerprint density at radius 3 is 2.64 bits per heavy atom. The molecule has 320 valence electrons. The first-order chi connectivity index (χ1) is 28.6. The number of nitrogens with one attached hydrogen (secondary N) is 2. The lowest BCUT2D eigenvalue weighted by Gasteiger charge is -2.47. The van der Waals surface area contributed by atoms with Gasteiger partial charge in [0.05, 0.1) is 48.1 Å². The molecule has 2 aromatic carbocycles. The molecule has 4 aromatic rings. The Bertz CT molecular complexity index is 2090. The monoisotopic (exact) mass is 852 g/mol. The van der Waals surface area contributed by atoms with Crippen molar-refractivity contribution in [3.05, 3.63) is 78.6 Å². The maximum Gasteiger partial charge on any atom is 0.305 e. The summed E-state index contributed by atoms with van der Waals surface area (Å²) in [5.41, 5.74) is 2.83. The lowest BCUT2D eigenvalue weighted by atomic mass is 9.89. The van der Waals surface area contributed by atoms with Gasteiger partial charge in [0.1, 0.15) is 22.8 Å². The highest BCUT2D eigenvalue weighted by atomic mass is 32.1. The van der Waals surface area contributed by atoms with E-state index in [2.05, 4.69) is 34.0 Å². The van der Waals surface area contributed by atoms with E-state index in [0.29, 0.717) is 101 Å². The van der Waals surface area contributed by atoms with E-state index in [1.165, 1.54) is 11.3 Å². The highest BCUT2D eigenvalue weighted by molar-refractivity contribution is 7.16. The molecule has 3 saturated heterocycles. The number of hydrogen-bond acceptors (Lipinski definition) is 12. The second-order valence-electron chi connectivity index (χ2n) is 16.2.